The lowest BCUT2D eigenvalue weighted by Crippen LogP contribution is -2.39. The van der Waals surface area contributed by atoms with Gasteiger partial charge < -0.3 is 5.32 Å². The largest absolute Gasteiger partial charge is 0.335 e. The van der Waals surface area contributed by atoms with Gasteiger partial charge in [-0.2, -0.15) is 0 Å². The maximum atomic E-state index is 4.68. The van der Waals surface area contributed by atoms with Gasteiger partial charge in [0.2, 0.25) is 0 Å². The molecule has 16 heavy (non-hydrogen) atoms. The van der Waals surface area contributed by atoms with Gasteiger partial charge in [0.1, 0.15) is 11.2 Å². The fraction of sp³-hybridized carbons (Fsp3) is 0.667. The SMILES string of the molecule is CC1=C(C)[C@@H]2C(=NCC(C)C)NC=N[C@H]2S1. The maximum Gasteiger partial charge on any atom is 0.115 e. The molecule has 2 aliphatic heterocycles. The number of nitrogens with one attached hydrogen (secondary N) is 1. The molecule has 0 radical (unpaired) electrons. The fourth-order valence-corrected chi connectivity index (χ4v) is 3.19. The molecule has 2 atom stereocenters. The normalized spacial score (nSPS) is 31.2. The van der Waals surface area contributed by atoms with Crippen LogP contribution < -0.4 is 5.32 Å². The third kappa shape index (κ3) is 2.17. The molecule has 0 saturated heterocycles. The molecule has 0 aromatic heterocycles. The van der Waals surface area contributed by atoms with Crippen molar-refractivity contribution in [2.75, 3.05) is 6.54 Å². The highest BCUT2D eigenvalue weighted by Gasteiger charge is 2.36. The monoisotopic (exact) mass is 237 g/mol. The molecule has 3 nitrogen and oxygen atoms in total. The van der Waals surface area contributed by atoms with Crippen molar-refractivity contribution in [3.8, 4) is 0 Å². The summed E-state index contributed by atoms with van der Waals surface area (Å²) in [6.45, 7) is 9.64. The highest BCUT2D eigenvalue weighted by molar-refractivity contribution is 8.04. The minimum Gasteiger partial charge on any atom is -0.335 e. The Balaban J connectivity index is 2.21. The Morgan fingerprint density at radius 3 is 2.94 bits per heavy atom. The predicted octanol–water partition coefficient (Wildman–Crippen LogP) is 2.66. The first-order chi connectivity index (χ1) is 7.59. The number of nitrogens with zero attached hydrogens (tertiary/aromatic N) is 2. The first kappa shape index (κ1) is 11.7. The Labute approximate surface area is 102 Å². The number of hydrogen-bond acceptors (Lipinski definition) is 3. The molecule has 0 aliphatic carbocycles. The lowest BCUT2D eigenvalue weighted by atomic mass is 9.98. The predicted molar refractivity (Wildman–Crippen MR) is 72.0 cm³/mol. The number of fused-ring (bicyclic) bond motifs is 1. The molecule has 0 amide bonds. The standard InChI is InChI=1S/C12H19N3S/c1-7(2)5-13-11-10-8(3)9(4)16-12(10)15-6-14-11/h6-7,10,12H,5H2,1-4H3,(H,13,14,15)/t10-,12+/m1/s1. The summed E-state index contributed by atoms with van der Waals surface area (Å²) in [5.41, 5.74) is 1.42. The Morgan fingerprint density at radius 2 is 2.25 bits per heavy atom. The van der Waals surface area contributed by atoms with Crippen molar-refractivity contribution in [3.63, 3.8) is 0 Å². The first-order valence-corrected chi connectivity index (χ1v) is 6.64. The van der Waals surface area contributed by atoms with Crippen molar-refractivity contribution in [3.05, 3.63) is 10.5 Å². The van der Waals surface area contributed by atoms with Crippen LogP contribution in [0.25, 0.3) is 0 Å². The number of aliphatic imine (C=N–C) groups is 2. The zero-order valence-corrected chi connectivity index (χ0v) is 11.1. The molecule has 2 rings (SSSR count). The van der Waals surface area contributed by atoms with E-state index in [0.717, 1.165) is 12.4 Å². The summed E-state index contributed by atoms with van der Waals surface area (Å²) in [7, 11) is 0. The second kappa shape index (κ2) is 4.62. The summed E-state index contributed by atoms with van der Waals surface area (Å²) in [6.07, 6.45) is 1.79. The molecule has 0 fully saturated rings. The van der Waals surface area contributed by atoms with Crippen molar-refractivity contribution < 1.29 is 0 Å². The number of rotatable bonds is 2. The molecule has 1 N–H and O–H groups in total. The van der Waals surface area contributed by atoms with E-state index in [9.17, 15) is 0 Å². The number of thioether (sulfide) groups is 1. The Bertz CT molecular complexity index is 368. The van der Waals surface area contributed by atoms with Crippen LogP contribution in [0.4, 0.5) is 0 Å². The summed E-state index contributed by atoms with van der Waals surface area (Å²) in [5.74, 6) is 2.07. The molecule has 4 heteroatoms. The van der Waals surface area contributed by atoms with Crippen molar-refractivity contribution in [1.29, 1.82) is 0 Å². The van der Waals surface area contributed by atoms with Crippen LogP contribution in [0.1, 0.15) is 27.7 Å². The number of amidine groups is 1. The van der Waals surface area contributed by atoms with Gasteiger partial charge in [-0.05, 0) is 24.7 Å². The van der Waals surface area contributed by atoms with Gasteiger partial charge in [0.15, 0.2) is 0 Å². The molecule has 0 aromatic rings. The molecule has 0 aromatic carbocycles. The van der Waals surface area contributed by atoms with Crippen LogP contribution in [-0.4, -0.2) is 24.1 Å². The van der Waals surface area contributed by atoms with Crippen LogP contribution in [0.5, 0.6) is 0 Å². The number of hydrogen-bond donors (Lipinski definition) is 1. The average Bonchev–Trinajstić information content (AvgIpc) is 2.52. The van der Waals surface area contributed by atoms with Crippen molar-refractivity contribution >= 4 is 23.9 Å². The molecule has 2 heterocycles. The van der Waals surface area contributed by atoms with Crippen LogP contribution >= 0.6 is 11.8 Å². The lowest BCUT2D eigenvalue weighted by molar-refractivity contribution is 0.652. The van der Waals surface area contributed by atoms with Crippen LogP contribution in [-0.2, 0) is 0 Å². The lowest BCUT2D eigenvalue weighted by Gasteiger charge is -2.24. The second-order valence-corrected chi connectivity index (χ2v) is 6.10. The second-order valence-electron chi connectivity index (χ2n) is 4.77. The van der Waals surface area contributed by atoms with Crippen molar-refractivity contribution in [1.82, 2.24) is 5.32 Å². The van der Waals surface area contributed by atoms with Gasteiger partial charge in [0.05, 0.1) is 12.3 Å². The van der Waals surface area contributed by atoms with Gasteiger partial charge in [-0.3, -0.25) is 9.98 Å². The molecular weight excluding hydrogens is 218 g/mol. The zero-order valence-electron chi connectivity index (χ0n) is 10.3. The van der Waals surface area contributed by atoms with Gasteiger partial charge in [-0.15, -0.1) is 11.8 Å². The highest BCUT2D eigenvalue weighted by Crippen LogP contribution is 2.43. The van der Waals surface area contributed by atoms with E-state index in [-0.39, 0.29) is 0 Å². The average molecular weight is 237 g/mol. The van der Waals surface area contributed by atoms with Gasteiger partial charge >= 0.3 is 0 Å². The molecular formula is C12H19N3S. The van der Waals surface area contributed by atoms with E-state index in [1.807, 2.05) is 11.8 Å². The summed E-state index contributed by atoms with van der Waals surface area (Å²) in [6, 6.07) is 0. The van der Waals surface area contributed by atoms with E-state index in [1.165, 1.54) is 10.5 Å². The third-order valence-corrected chi connectivity index (χ3v) is 4.27. The minimum atomic E-state index is 0.312. The topological polar surface area (TPSA) is 36.8 Å². The van der Waals surface area contributed by atoms with Crippen LogP contribution in [0.3, 0.4) is 0 Å². The summed E-state index contributed by atoms with van der Waals surface area (Å²) in [5, 5.41) is 3.52. The highest BCUT2D eigenvalue weighted by atomic mass is 32.2. The van der Waals surface area contributed by atoms with E-state index in [1.54, 1.807) is 6.34 Å². The van der Waals surface area contributed by atoms with Gasteiger partial charge in [0, 0.05) is 6.54 Å². The maximum absolute atomic E-state index is 4.68. The first-order valence-electron chi connectivity index (χ1n) is 5.76. The van der Waals surface area contributed by atoms with Crippen LogP contribution in [0.2, 0.25) is 0 Å². The summed E-state index contributed by atoms with van der Waals surface area (Å²) >= 11 is 1.86. The zero-order chi connectivity index (χ0) is 11.7. The summed E-state index contributed by atoms with van der Waals surface area (Å²) in [4.78, 5) is 10.5. The molecule has 2 aliphatic rings. The Morgan fingerprint density at radius 1 is 1.50 bits per heavy atom. The van der Waals surface area contributed by atoms with Gasteiger partial charge in [0.25, 0.3) is 0 Å². The smallest absolute Gasteiger partial charge is 0.115 e. The fourth-order valence-electron chi connectivity index (χ4n) is 1.92. The van der Waals surface area contributed by atoms with Crippen molar-refractivity contribution in [2.24, 2.45) is 21.8 Å². The molecule has 88 valence electrons. The van der Waals surface area contributed by atoms with Crippen molar-refractivity contribution in [2.45, 2.75) is 33.1 Å². The summed E-state index contributed by atoms with van der Waals surface area (Å²) < 4.78 is 0. The quantitative estimate of drug-likeness (QED) is 0.801. The molecule has 0 unspecified atom stereocenters. The number of allylic oxidation sites excluding steroid dienone is 1. The van der Waals surface area contributed by atoms with E-state index in [2.05, 4.69) is 43.0 Å². The Hall–Kier alpha value is -0.770. The third-order valence-electron chi connectivity index (χ3n) is 2.96. The molecule has 0 bridgehead atoms. The van der Waals surface area contributed by atoms with Crippen LogP contribution in [0.15, 0.2) is 20.5 Å². The van der Waals surface area contributed by atoms with Gasteiger partial charge in [-0.1, -0.05) is 19.4 Å². The Kier molecular flexibility index (Phi) is 3.38. The van der Waals surface area contributed by atoms with E-state index in [0.29, 0.717) is 17.2 Å². The van der Waals surface area contributed by atoms with Gasteiger partial charge in [-0.25, -0.2) is 0 Å². The molecule has 0 spiro atoms. The van der Waals surface area contributed by atoms with E-state index in [4.69, 9.17) is 0 Å². The van der Waals surface area contributed by atoms with E-state index < -0.39 is 0 Å². The van der Waals surface area contributed by atoms with E-state index >= 15 is 0 Å². The molecule has 0 saturated carbocycles. The minimum absolute atomic E-state index is 0.312. The van der Waals surface area contributed by atoms with Crippen LogP contribution in [0, 0.1) is 11.8 Å².